The van der Waals surface area contributed by atoms with E-state index in [1.54, 1.807) is 11.7 Å². The Kier molecular flexibility index (Phi) is 5.55. The molecule has 0 aliphatic carbocycles. The van der Waals surface area contributed by atoms with E-state index in [0.29, 0.717) is 18.8 Å². The summed E-state index contributed by atoms with van der Waals surface area (Å²) >= 11 is 0. The first kappa shape index (κ1) is 15.4. The van der Waals surface area contributed by atoms with Crippen LogP contribution < -0.4 is 0 Å². The second-order valence-electron chi connectivity index (χ2n) is 4.07. The largest absolute Gasteiger partial charge is 0.382 e. The van der Waals surface area contributed by atoms with Crippen LogP contribution in [0.2, 0.25) is 0 Å². The van der Waals surface area contributed by atoms with Gasteiger partial charge in [-0.25, -0.2) is 8.42 Å². The van der Waals surface area contributed by atoms with Crippen LogP contribution in [-0.4, -0.2) is 36.4 Å². The molecule has 104 valence electrons. The number of hydrogen-bond acceptors (Lipinski definition) is 5. The van der Waals surface area contributed by atoms with Crippen molar-refractivity contribution in [3.8, 4) is 0 Å². The van der Waals surface area contributed by atoms with E-state index in [-0.39, 0.29) is 11.3 Å². The number of aromatic nitrogens is 3. The van der Waals surface area contributed by atoms with Gasteiger partial charge in [0.15, 0.2) is 0 Å². The third-order valence-corrected chi connectivity index (χ3v) is 3.79. The average Bonchev–Trinajstić information content (AvgIpc) is 2.69. The Hall–Kier alpha value is -0.660. The van der Waals surface area contributed by atoms with Gasteiger partial charge < -0.3 is 9.30 Å². The monoisotopic (exact) mass is 295 g/mol. The zero-order valence-electron chi connectivity index (χ0n) is 10.8. The second-order valence-corrected chi connectivity index (χ2v) is 6.53. The van der Waals surface area contributed by atoms with Crippen LogP contribution in [-0.2, 0) is 26.8 Å². The van der Waals surface area contributed by atoms with E-state index >= 15 is 0 Å². The first-order valence-corrected chi connectivity index (χ1v) is 8.10. The van der Waals surface area contributed by atoms with E-state index in [1.165, 1.54) is 0 Å². The average molecular weight is 296 g/mol. The molecule has 0 saturated carbocycles. The van der Waals surface area contributed by atoms with Crippen molar-refractivity contribution >= 4 is 19.7 Å². The van der Waals surface area contributed by atoms with Gasteiger partial charge in [0.05, 0.1) is 6.10 Å². The molecule has 0 saturated heterocycles. The Morgan fingerprint density at radius 1 is 1.44 bits per heavy atom. The minimum Gasteiger partial charge on any atom is -0.382 e. The van der Waals surface area contributed by atoms with E-state index in [9.17, 15) is 8.42 Å². The molecule has 0 radical (unpaired) electrons. The van der Waals surface area contributed by atoms with Crippen LogP contribution in [0.1, 0.15) is 32.5 Å². The van der Waals surface area contributed by atoms with Crippen LogP contribution in [0.5, 0.6) is 0 Å². The van der Waals surface area contributed by atoms with E-state index in [1.807, 2.05) is 13.8 Å². The SMILES string of the molecule is CCCn1c(CCC(C)OC)nnc1S(=O)(=O)Cl. The lowest BCUT2D eigenvalue weighted by Gasteiger charge is -2.10. The molecule has 0 amide bonds. The first-order chi connectivity index (χ1) is 8.40. The molecule has 0 N–H and O–H groups in total. The molecule has 0 bridgehead atoms. The molecule has 1 atom stereocenters. The molecule has 1 unspecified atom stereocenters. The summed E-state index contributed by atoms with van der Waals surface area (Å²) in [5, 5.41) is 7.39. The minimum absolute atomic E-state index is 0.0906. The van der Waals surface area contributed by atoms with Gasteiger partial charge in [-0.3, -0.25) is 0 Å². The fourth-order valence-electron chi connectivity index (χ4n) is 1.58. The summed E-state index contributed by atoms with van der Waals surface area (Å²) in [7, 11) is 3.11. The number of nitrogens with zero attached hydrogens (tertiary/aromatic N) is 3. The van der Waals surface area contributed by atoms with E-state index in [4.69, 9.17) is 15.4 Å². The summed E-state index contributed by atoms with van der Waals surface area (Å²) in [6.45, 7) is 4.43. The van der Waals surface area contributed by atoms with Gasteiger partial charge in [0.25, 0.3) is 14.2 Å². The third-order valence-electron chi connectivity index (χ3n) is 2.64. The van der Waals surface area contributed by atoms with E-state index < -0.39 is 9.05 Å². The van der Waals surface area contributed by atoms with Gasteiger partial charge in [-0.1, -0.05) is 6.92 Å². The molecule has 1 heterocycles. The van der Waals surface area contributed by atoms with Crippen molar-refractivity contribution in [2.24, 2.45) is 0 Å². The van der Waals surface area contributed by atoms with Crippen molar-refractivity contribution in [2.75, 3.05) is 7.11 Å². The fourth-order valence-corrected chi connectivity index (χ4v) is 2.52. The highest BCUT2D eigenvalue weighted by Gasteiger charge is 2.22. The van der Waals surface area contributed by atoms with Crippen molar-refractivity contribution in [2.45, 2.75) is 50.9 Å². The second kappa shape index (κ2) is 6.49. The lowest BCUT2D eigenvalue weighted by molar-refractivity contribution is 0.110. The molecule has 0 aromatic carbocycles. The number of rotatable bonds is 7. The summed E-state index contributed by atoms with van der Waals surface area (Å²) < 4.78 is 29.4. The standard InChI is InChI=1S/C10H18ClN3O3S/c1-4-7-14-9(6-5-8(2)17-3)12-13-10(14)18(11,15)16/h8H,4-7H2,1-3H3. The topological polar surface area (TPSA) is 74.1 Å². The molecule has 1 rings (SSSR count). The van der Waals surface area contributed by atoms with Crippen molar-refractivity contribution < 1.29 is 13.2 Å². The zero-order chi connectivity index (χ0) is 13.8. The predicted octanol–water partition coefficient (Wildman–Crippen LogP) is 1.58. The molecule has 1 aromatic rings. The van der Waals surface area contributed by atoms with Gasteiger partial charge in [-0.05, 0) is 19.8 Å². The summed E-state index contributed by atoms with van der Waals surface area (Å²) in [5.74, 6) is 0.625. The van der Waals surface area contributed by atoms with E-state index in [0.717, 1.165) is 12.8 Å². The van der Waals surface area contributed by atoms with E-state index in [2.05, 4.69) is 10.2 Å². The first-order valence-electron chi connectivity index (χ1n) is 5.79. The van der Waals surface area contributed by atoms with Gasteiger partial charge in [0.1, 0.15) is 5.82 Å². The van der Waals surface area contributed by atoms with Crippen molar-refractivity contribution in [1.82, 2.24) is 14.8 Å². The molecular weight excluding hydrogens is 278 g/mol. The number of methoxy groups -OCH3 is 1. The maximum Gasteiger partial charge on any atom is 0.296 e. The summed E-state index contributed by atoms with van der Waals surface area (Å²) in [6.07, 6.45) is 2.23. The Morgan fingerprint density at radius 2 is 2.11 bits per heavy atom. The lowest BCUT2D eigenvalue weighted by atomic mass is 10.2. The quantitative estimate of drug-likeness (QED) is 0.714. The predicted molar refractivity (Wildman–Crippen MR) is 68.1 cm³/mol. The van der Waals surface area contributed by atoms with Crippen LogP contribution in [0.15, 0.2) is 5.16 Å². The molecule has 0 aliphatic rings. The highest BCUT2D eigenvalue weighted by Crippen LogP contribution is 2.16. The normalized spacial score (nSPS) is 13.8. The van der Waals surface area contributed by atoms with Crippen LogP contribution in [0.25, 0.3) is 0 Å². The smallest absolute Gasteiger partial charge is 0.296 e. The molecule has 1 aromatic heterocycles. The molecule has 0 aliphatic heterocycles. The van der Waals surface area contributed by atoms with Gasteiger partial charge >= 0.3 is 0 Å². The Balaban J connectivity index is 2.95. The minimum atomic E-state index is -3.85. The van der Waals surface area contributed by atoms with Crippen LogP contribution >= 0.6 is 10.7 Å². The van der Waals surface area contributed by atoms with Crippen LogP contribution in [0, 0.1) is 0 Å². The number of aryl methyl sites for hydroxylation is 1. The van der Waals surface area contributed by atoms with Crippen LogP contribution in [0.3, 0.4) is 0 Å². The van der Waals surface area contributed by atoms with Crippen molar-refractivity contribution in [1.29, 1.82) is 0 Å². The maximum atomic E-state index is 11.4. The molecule has 18 heavy (non-hydrogen) atoms. The van der Waals surface area contributed by atoms with Crippen molar-refractivity contribution in [3.63, 3.8) is 0 Å². The Labute approximate surface area is 112 Å². The zero-order valence-corrected chi connectivity index (χ0v) is 12.3. The van der Waals surface area contributed by atoms with Gasteiger partial charge in [0.2, 0.25) is 0 Å². The summed E-state index contributed by atoms with van der Waals surface area (Å²) in [4.78, 5) is 0. The summed E-state index contributed by atoms with van der Waals surface area (Å²) in [5.41, 5.74) is 0. The molecule has 0 fully saturated rings. The molecular formula is C10H18ClN3O3S. The van der Waals surface area contributed by atoms with Gasteiger partial charge in [-0.2, -0.15) is 0 Å². The van der Waals surface area contributed by atoms with Gasteiger partial charge in [0, 0.05) is 30.8 Å². The molecule has 0 spiro atoms. The van der Waals surface area contributed by atoms with Crippen LogP contribution in [0.4, 0.5) is 0 Å². The Bertz CT molecular complexity index is 487. The highest BCUT2D eigenvalue weighted by atomic mass is 35.7. The maximum absolute atomic E-state index is 11.4. The number of hydrogen-bond donors (Lipinski definition) is 0. The third kappa shape index (κ3) is 3.93. The number of ether oxygens (including phenoxy) is 1. The fraction of sp³-hybridized carbons (Fsp3) is 0.800. The summed E-state index contributed by atoms with van der Waals surface area (Å²) in [6, 6.07) is 0. The molecule has 8 heteroatoms. The van der Waals surface area contributed by atoms with Crippen molar-refractivity contribution in [3.05, 3.63) is 5.82 Å². The lowest BCUT2D eigenvalue weighted by Crippen LogP contribution is -2.12. The highest BCUT2D eigenvalue weighted by molar-refractivity contribution is 8.13. The Morgan fingerprint density at radius 3 is 2.61 bits per heavy atom. The van der Waals surface area contributed by atoms with Gasteiger partial charge in [-0.15, -0.1) is 10.2 Å². The molecule has 6 nitrogen and oxygen atoms in total. The number of halogens is 1.